The van der Waals surface area contributed by atoms with E-state index < -0.39 is 6.03 Å². The Morgan fingerprint density at radius 2 is 2.00 bits per heavy atom. The first-order chi connectivity index (χ1) is 12.0. The first-order valence-corrected chi connectivity index (χ1v) is 8.22. The zero-order chi connectivity index (χ0) is 17.8. The molecule has 1 fully saturated rings. The Bertz CT molecular complexity index is 791. The van der Waals surface area contributed by atoms with Gasteiger partial charge in [0.05, 0.1) is 5.56 Å². The van der Waals surface area contributed by atoms with Gasteiger partial charge in [0, 0.05) is 19.1 Å². The summed E-state index contributed by atoms with van der Waals surface area (Å²) in [5.74, 6) is 0.955. The van der Waals surface area contributed by atoms with Crippen LogP contribution in [0.4, 0.5) is 4.79 Å². The molecule has 25 heavy (non-hydrogen) atoms. The van der Waals surface area contributed by atoms with Crippen molar-refractivity contribution in [3.05, 3.63) is 59.7 Å². The largest absolute Gasteiger partial charge is 0.457 e. The summed E-state index contributed by atoms with van der Waals surface area (Å²) in [6, 6.07) is 14.2. The zero-order valence-electron chi connectivity index (χ0n) is 14.1. The molecule has 1 saturated heterocycles. The van der Waals surface area contributed by atoms with Gasteiger partial charge in [-0.2, -0.15) is 0 Å². The molecular weight excluding hydrogens is 318 g/mol. The molecule has 6 heteroatoms. The Labute approximate surface area is 146 Å². The van der Waals surface area contributed by atoms with Gasteiger partial charge in [-0.05, 0) is 43.2 Å². The first kappa shape index (κ1) is 16.8. The van der Waals surface area contributed by atoms with Crippen LogP contribution in [0.1, 0.15) is 22.3 Å². The number of likely N-dealkylation sites (tertiary alicyclic amines) is 1. The number of primary amides is 1. The smallest absolute Gasteiger partial charge is 0.314 e. The number of hydrogen-bond donors (Lipinski definition) is 2. The monoisotopic (exact) mass is 339 g/mol. The highest BCUT2D eigenvalue weighted by atomic mass is 16.5. The molecule has 1 heterocycles. The Morgan fingerprint density at radius 3 is 2.72 bits per heavy atom. The Kier molecular flexibility index (Phi) is 4.88. The number of nitrogens with zero attached hydrogens (tertiary/aromatic N) is 1. The van der Waals surface area contributed by atoms with Crippen molar-refractivity contribution in [3.63, 3.8) is 0 Å². The van der Waals surface area contributed by atoms with Gasteiger partial charge in [0.25, 0.3) is 5.91 Å². The number of benzene rings is 2. The minimum atomic E-state index is -0.458. The number of nitrogens with two attached hydrogens (primary N) is 1. The van der Waals surface area contributed by atoms with E-state index in [0.717, 1.165) is 5.56 Å². The summed E-state index contributed by atoms with van der Waals surface area (Å²) in [6.45, 7) is 2.97. The number of hydrogen-bond acceptors (Lipinski definition) is 3. The van der Waals surface area contributed by atoms with E-state index in [4.69, 9.17) is 10.5 Å². The molecule has 0 spiro atoms. The number of urea groups is 1. The van der Waals surface area contributed by atoms with Gasteiger partial charge in [0.2, 0.25) is 0 Å². The summed E-state index contributed by atoms with van der Waals surface area (Å²) in [5.41, 5.74) is 6.82. The second-order valence-corrected chi connectivity index (χ2v) is 6.16. The number of rotatable bonds is 4. The highest BCUT2D eigenvalue weighted by Gasteiger charge is 2.27. The maximum atomic E-state index is 12.6. The van der Waals surface area contributed by atoms with Gasteiger partial charge in [0.15, 0.2) is 0 Å². The fraction of sp³-hybridized carbons (Fsp3) is 0.263. The molecule has 1 unspecified atom stereocenters. The summed E-state index contributed by atoms with van der Waals surface area (Å²) in [4.78, 5) is 25.4. The number of amides is 3. The Balaban J connectivity index is 1.72. The fourth-order valence-corrected chi connectivity index (χ4v) is 2.89. The Hall–Kier alpha value is -3.02. The van der Waals surface area contributed by atoms with E-state index in [-0.39, 0.29) is 11.9 Å². The molecule has 3 amide bonds. The van der Waals surface area contributed by atoms with Crippen molar-refractivity contribution in [1.82, 2.24) is 10.2 Å². The predicted octanol–water partition coefficient (Wildman–Crippen LogP) is 2.67. The third kappa shape index (κ3) is 4.09. The fourth-order valence-electron chi connectivity index (χ4n) is 2.89. The number of ether oxygens (including phenoxy) is 1. The number of carbonyl (C=O) groups is 2. The second kappa shape index (κ2) is 7.25. The number of nitrogens with one attached hydrogen (secondary N) is 1. The van der Waals surface area contributed by atoms with Crippen molar-refractivity contribution in [2.75, 3.05) is 13.1 Å². The third-order valence-corrected chi connectivity index (χ3v) is 4.18. The average molecular weight is 339 g/mol. The van der Waals surface area contributed by atoms with Crippen molar-refractivity contribution in [3.8, 4) is 11.5 Å². The van der Waals surface area contributed by atoms with Crippen LogP contribution in [0.5, 0.6) is 11.5 Å². The molecule has 0 radical (unpaired) electrons. The molecule has 1 aliphatic heterocycles. The van der Waals surface area contributed by atoms with E-state index in [1.807, 2.05) is 37.3 Å². The maximum Gasteiger partial charge on any atom is 0.314 e. The van der Waals surface area contributed by atoms with Crippen LogP contribution >= 0.6 is 0 Å². The van der Waals surface area contributed by atoms with Gasteiger partial charge >= 0.3 is 6.03 Å². The molecule has 0 saturated carbocycles. The van der Waals surface area contributed by atoms with Crippen molar-refractivity contribution < 1.29 is 14.3 Å². The average Bonchev–Trinajstić information content (AvgIpc) is 3.04. The van der Waals surface area contributed by atoms with Crippen molar-refractivity contribution in [2.45, 2.75) is 19.4 Å². The number of para-hydroxylation sites is 1. The SMILES string of the molecule is Cc1cccc(Oc2ccccc2C(=O)NC2CCN(C(N)=O)C2)c1. The van der Waals surface area contributed by atoms with Crippen LogP contribution in [0, 0.1) is 6.92 Å². The molecule has 6 nitrogen and oxygen atoms in total. The molecule has 0 aliphatic carbocycles. The third-order valence-electron chi connectivity index (χ3n) is 4.18. The highest BCUT2D eigenvalue weighted by Crippen LogP contribution is 2.26. The lowest BCUT2D eigenvalue weighted by Gasteiger charge is -2.16. The van der Waals surface area contributed by atoms with Gasteiger partial charge < -0.3 is 20.7 Å². The quantitative estimate of drug-likeness (QED) is 0.898. The van der Waals surface area contributed by atoms with Gasteiger partial charge in [-0.25, -0.2) is 4.79 Å². The molecular formula is C19H21N3O3. The minimum absolute atomic E-state index is 0.105. The van der Waals surface area contributed by atoms with E-state index in [0.29, 0.717) is 36.6 Å². The molecule has 2 aromatic rings. The van der Waals surface area contributed by atoms with Crippen molar-refractivity contribution in [2.24, 2.45) is 5.73 Å². The van der Waals surface area contributed by atoms with E-state index in [2.05, 4.69) is 5.32 Å². The molecule has 2 aromatic carbocycles. The van der Waals surface area contributed by atoms with Crippen LogP contribution in [-0.4, -0.2) is 36.0 Å². The van der Waals surface area contributed by atoms with Crippen LogP contribution < -0.4 is 15.8 Å². The first-order valence-electron chi connectivity index (χ1n) is 8.22. The molecule has 130 valence electrons. The lowest BCUT2D eigenvalue weighted by Crippen LogP contribution is -2.40. The van der Waals surface area contributed by atoms with Gasteiger partial charge in [-0.3, -0.25) is 4.79 Å². The standard InChI is InChI=1S/C19H21N3O3/c1-13-5-4-6-15(11-13)25-17-8-3-2-7-16(17)18(23)21-14-9-10-22(12-14)19(20)24/h2-8,11,14H,9-10,12H2,1H3,(H2,20,24)(H,21,23). The maximum absolute atomic E-state index is 12.6. The zero-order valence-corrected chi connectivity index (χ0v) is 14.1. The number of carbonyl (C=O) groups excluding carboxylic acids is 2. The topological polar surface area (TPSA) is 84.7 Å². The number of aryl methyl sites for hydroxylation is 1. The molecule has 3 rings (SSSR count). The Morgan fingerprint density at radius 1 is 1.20 bits per heavy atom. The lowest BCUT2D eigenvalue weighted by molar-refractivity contribution is 0.0935. The summed E-state index contributed by atoms with van der Waals surface area (Å²) in [6.07, 6.45) is 0.690. The summed E-state index contributed by atoms with van der Waals surface area (Å²) in [5, 5.41) is 2.95. The predicted molar refractivity (Wildman–Crippen MR) is 94.7 cm³/mol. The van der Waals surface area contributed by atoms with Crippen LogP contribution in [0.3, 0.4) is 0 Å². The van der Waals surface area contributed by atoms with E-state index in [1.54, 1.807) is 18.2 Å². The molecule has 1 atom stereocenters. The summed E-state index contributed by atoms with van der Waals surface area (Å²) < 4.78 is 5.89. The van der Waals surface area contributed by atoms with Crippen LogP contribution in [0.25, 0.3) is 0 Å². The van der Waals surface area contributed by atoms with Gasteiger partial charge in [-0.1, -0.05) is 24.3 Å². The van der Waals surface area contributed by atoms with Crippen molar-refractivity contribution in [1.29, 1.82) is 0 Å². The molecule has 1 aliphatic rings. The van der Waals surface area contributed by atoms with Gasteiger partial charge in [-0.15, -0.1) is 0 Å². The molecule has 0 bridgehead atoms. The van der Waals surface area contributed by atoms with Gasteiger partial charge in [0.1, 0.15) is 11.5 Å². The van der Waals surface area contributed by atoms with E-state index in [1.165, 1.54) is 4.90 Å². The second-order valence-electron chi connectivity index (χ2n) is 6.16. The minimum Gasteiger partial charge on any atom is -0.457 e. The lowest BCUT2D eigenvalue weighted by atomic mass is 10.1. The van der Waals surface area contributed by atoms with E-state index >= 15 is 0 Å². The van der Waals surface area contributed by atoms with Crippen molar-refractivity contribution >= 4 is 11.9 Å². The van der Waals surface area contributed by atoms with Crippen LogP contribution in [-0.2, 0) is 0 Å². The van der Waals surface area contributed by atoms with E-state index in [9.17, 15) is 9.59 Å². The molecule has 3 N–H and O–H groups in total. The normalized spacial score (nSPS) is 16.5. The highest BCUT2D eigenvalue weighted by molar-refractivity contribution is 5.97. The van der Waals surface area contributed by atoms with Crippen LogP contribution in [0.2, 0.25) is 0 Å². The summed E-state index contributed by atoms with van der Waals surface area (Å²) in [7, 11) is 0. The molecule has 0 aromatic heterocycles. The summed E-state index contributed by atoms with van der Waals surface area (Å²) >= 11 is 0. The van der Waals surface area contributed by atoms with Crippen LogP contribution in [0.15, 0.2) is 48.5 Å².